The van der Waals surface area contributed by atoms with E-state index < -0.39 is 35.6 Å². The van der Waals surface area contributed by atoms with Crippen LogP contribution in [-0.4, -0.2) is 17.1 Å². The van der Waals surface area contributed by atoms with Gasteiger partial charge in [-0.3, -0.25) is 0 Å². The third kappa shape index (κ3) is 2.80. The summed E-state index contributed by atoms with van der Waals surface area (Å²) in [5.41, 5.74) is 6.59. The number of halogens is 3. The second-order valence-electron chi connectivity index (χ2n) is 6.46. The number of carboxylic acid groups (broad SMARTS) is 1. The van der Waals surface area contributed by atoms with Crippen LogP contribution < -0.4 is 10.5 Å². The van der Waals surface area contributed by atoms with Crippen LogP contribution in [0.3, 0.4) is 0 Å². The highest BCUT2D eigenvalue weighted by molar-refractivity contribution is 6.06. The number of nitrogens with two attached hydrogens (primary N) is 1. The van der Waals surface area contributed by atoms with Crippen LogP contribution in [-0.2, 0) is 6.42 Å². The topological polar surface area (TPSA) is 72.6 Å². The van der Waals surface area contributed by atoms with Gasteiger partial charge in [0, 0.05) is 17.0 Å². The molecule has 1 heterocycles. The molecule has 0 radical (unpaired) electrons. The first kappa shape index (κ1) is 17.4. The standard InChI is InChI=1S/C20H14F3NO3/c21-14-8-16(23)15(22)7-13(14)19-17(24)6-9-5-12(20(25)26)10-3-1-2-4-11(10)18(9)27-19/h1-5,7-8,17,19H,6,24H2,(H,25,26). The van der Waals surface area contributed by atoms with E-state index in [-0.39, 0.29) is 17.5 Å². The first-order valence-electron chi connectivity index (χ1n) is 8.21. The van der Waals surface area contributed by atoms with Crippen LogP contribution in [0.2, 0.25) is 0 Å². The van der Waals surface area contributed by atoms with Gasteiger partial charge >= 0.3 is 5.97 Å². The van der Waals surface area contributed by atoms with Crippen molar-refractivity contribution in [2.75, 3.05) is 0 Å². The Balaban J connectivity index is 1.88. The van der Waals surface area contributed by atoms with Gasteiger partial charge in [-0.1, -0.05) is 24.3 Å². The summed E-state index contributed by atoms with van der Waals surface area (Å²) in [5, 5.41) is 10.5. The molecular weight excluding hydrogens is 359 g/mol. The molecule has 0 fully saturated rings. The molecule has 0 amide bonds. The number of rotatable bonds is 2. The van der Waals surface area contributed by atoms with Crippen LogP contribution in [0.1, 0.15) is 27.6 Å². The normalized spacial score (nSPS) is 18.8. The van der Waals surface area contributed by atoms with Crippen molar-refractivity contribution in [3.63, 3.8) is 0 Å². The van der Waals surface area contributed by atoms with Crippen LogP contribution in [0, 0.1) is 17.5 Å². The molecule has 2 atom stereocenters. The minimum Gasteiger partial charge on any atom is -0.483 e. The Morgan fingerprint density at radius 3 is 2.41 bits per heavy atom. The third-order valence-electron chi connectivity index (χ3n) is 4.74. The lowest BCUT2D eigenvalue weighted by Crippen LogP contribution is -2.38. The van der Waals surface area contributed by atoms with Crippen LogP contribution in [0.15, 0.2) is 42.5 Å². The minimum atomic E-state index is -1.29. The number of benzene rings is 3. The van der Waals surface area contributed by atoms with E-state index in [2.05, 4.69) is 0 Å². The average Bonchev–Trinajstić information content (AvgIpc) is 2.63. The summed E-state index contributed by atoms with van der Waals surface area (Å²) < 4.78 is 47.0. The lowest BCUT2D eigenvalue weighted by atomic mass is 9.89. The van der Waals surface area contributed by atoms with Crippen LogP contribution in [0.4, 0.5) is 13.2 Å². The fourth-order valence-corrected chi connectivity index (χ4v) is 3.50. The Labute approximate surface area is 152 Å². The van der Waals surface area contributed by atoms with Gasteiger partial charge in [-0.2, -0.15) is 0 Å². The molecule has 2 unspecified atom stereocenters. The number of ether oxygens (including phenoxy) is 1. The molecule has 0 spiro atoms. The molecule has 7 heteroatoms. The smallest absolute Gasteiger partial charge is 0.336 e. The van der Waals surface area contributed by atoms with Crippen molar-refractivity contribution in [3.05, 3.63) is 76.6 Å². The van der Waals surface area contributed by atoms with Gasteiger partial charge in [-0.15, -0.1) is 0 Å². The highest BCUT2D eigenvalue weighted by atomic mass is 19.2. The van der Waals surface area contributed by atoms with E-state index in [1.807, 2.05) is 0 Å². The van der Waals surface area contributed by atoms with E-state index >= 15 is 0 Å². The summed E-state index contributed by atoms with van der Waals surface area (Å²) >= 11 is 0. The highest BCUT2D eigenvalue weighted by Crippen LogP contribution is 2.41. The highest BCUT2D eigenvalue weighted by Gasteiger charge is 2.33. The predicted octanol–water partition coefficient (Wildman–Crippen LogP) is 3.96. The van der Waals surface area contributed by atoms with E-state index in [0.717, 1.165) is 6.07 Å². The summed E-state index contributed by atoms with van der Waals surface area (Å²) in [6, 6.07) is 8.68. The summed E-state index contributed by atoms with van der Waals surface area (Å²) in [6.45, 7) is 0. The Morgan fingerprint density at radius 2 is 1.70 bits per heavy atom. The van der Waals surface area contributed by atoms with E-state index in [1.54, 1.807) is 24.3 Å². The van der Waals surface area contributed by atoms with Crippen molar-refractivity contribution < 1.29 is 27.8 Å². The molecular formula is C20H14F3NO3. The summed E-state index contributed by atoms with van der Waals surface area (Å²) in [4.78, 5) is 11.6. The maximum atomic E-state index is 14.2. The van der Waals surface area contributed by atoms with Gasteiger partial charge in [0.25, 0.3) is 0 Å². The molecule has 4 nitrogen and oxygen atoms in total. The number of fused-ring (bicyclic) bond motifs is 3. The van der Waals surface area contributed by atoms with Crippen molar-refractivity contribution in [2.24, 2.45) is 5.73 Å². The maximum absolute atomic E-state index is 14.2. The molecule has 138 valence electrons. The number of hydrogen-bond donors (Lipinski definition) is 2. The average molecular weight is 373 g/mol. The van der Waals surface area contributed by atoms with E-state index in [4.69, 9.17) is 10.5 Å². The van der Waals surface area contributed by atoms with Gasteiger partial charge in [0.05, 0.1) is 11.6 Å². The largest absolute Gasteiger partial charge is 0.483 e. The molecule has 1 aliphatic rings. The summed E-state index contributed by atoms with van der Waals surface area (Å²) in [5.74, 6) is -4.16. The fourth-order valence-electron chi connectivity index (χ4n) is 3.50. The molecule has 1 aliphatic heterocycles. The SMILES string of the molecule is NC1Cc2cc(C(=O)O)c3ccccc3c2OC1c1cc(F)c(F)cc1F. The Hall–Kier alpha value is -3.06. The zero-order valence-corrected chi connectivity index (χ0v) is 13.9. The zero-order valence-electron chi connectivity index (χ0n) is 13.9. The third-order valence-corrected chi connectivity index (χ3v) is 4.74. The Kier molecular flexibility index (Phi) is 4.04. The second kappa shape index (κ2) is 6.28. The Morgan fingerprint density at radius 1 is 1.04 bits per heavy atom. The van der Waals surface area contributed by atoms with Crippen LogP contribution in [0.25, 0.3) is 10.8 Å². The molecule has 0 aromatic heterocycles. The van der Waals surface area contributed by atoms with Gasteiger partial charge in [0.1, 0.15) is 17.7 Å². The first-order chi connectivity index (χ1) is 12.9. The molecule has 0 aliphatic carbocycles. The second-order valence-corrected chi connectivity index (χ2v) is 6.46. The number of carbonyl (C=O) groups is 1. The summed E-state index contributed by atoms with van der Waals surface area (Å²) in [6.07, 6.45) is -0.838. The Bertz CT molecular complexity index is 1080. The molecule has 0 bridgehead atoms. The molecule has 0 saturated carbocycles. The van der Waals surface area contributed by atoms with Crippen molar-refractivity contribution in [1.82, 2.24) is 0 Å². The van der Waals surface area contributed by atoms with Crippen molar-refractivity contribution in [2.45, 2.75) is 18.6 Å². The van der Waals surface area contributed by atoms with E-state index in [1.165, 1.54) is 6.07 Å². The number of carboxylic acids is 1. The molecule has 0 saturated heterocycles. The van der Waals surface area contributed by atoms with Crippen LogP contribution >= 0.6 is 0 Å². The van der Waals surface area contributed by atoms with Gasteiger partial charge in [0.2, 0.25) is 0 Å². The van der Waals surface area contributed by atoms with E-state index in [9.17, 15) is 23.1 Å². The lowest BCUT2D eigenvalue weighted by Gasteiger charge is -2.33. The zero-order chi connectivity index (χ0) is 19.3. The molecule has 4 rings (SSSR count). The predicted molar refractivity (Wildman–Crippen MR) is 92.3 cm³/mol. The van der Waals surface area contributed by atoms with Crippen molar-refractivity contribution in [3.8, 4) is 5.75 Å². The van der Waals surface area contributed by atoms with Gasteiger partial charge < -0.3 is 15.6 Å². The fraction of sp³-hybridized carbons (Fsp3) is 0.150. The maximum Gasteiger partial charge on any atom is 0.336 e. The van der Waals surface area contributed by atoms with Gasteiger partial charge in [0.15, 0.2) is 11.6 Å². The summed E-state index contributed by atoms with van der Waals surface area (Å²) in [7, 11) is 0. The number of aromatic carboxylic acids is 1. The number of hydrogen-bond acceptors (Lipinski definition) is 3. The van der Waals surface area contributed by atoms with E-state index in [0.29, 0.717) is 28.2 Å². The molecule has 27 heavy (non-hydrogen) atoms. The van der Waals surface area contributed by atoms with Crippen molar-refractivity contribution in [1.29, 1.82) is 0 Å². The van der Waals surface area contributed by atoms with Gasteiger partial charge in [-0.05, 0) is 29.5 Å². The van der Waals surface area contributed by atoms with Crippen LogP contribution in [0.5, 0.6) is 5.75 Å². The molecule has 3 aromatic carbocycles. The molecule has 3 aromatic rings. The van der Waals surface area contributed by atoms with Crippen molar-refractivity contribution >= 4 is 16.7 Å². The molecule has 3 N–H and O–H groups in total. The quantitative estimate of drug-likeness (QED) is 0.667. The monoisotopic (exact) mass is 373 g/mol. The van der Waals surface area contributed by atoms with Gasteiger partial charge in [-0.25, -0.2) is 18.0 Å². The first-order valence-corrected chi connectivity index (χ1v) is 8.21. The lowest BCUT2D eigenvalue weighted by molar-refractivity contribution is 0.0698. The minimum absolute atomic E-state index is 0.109.